The molecule has 0 saturated heterocycles. The second kappa shape index (κ2) is 8.98. The second-order valence-corrected chi connectivity index (χ2v) is 6.61. The number of amides is 2. The Bertz CT molecular complexity index is 708. The highest BCUT2D eigenvalue weighted by Gasteiger charge is 2.09. The van der Waals surface area contributed by atoms with Crippen molar-refractivity contribution < 1.29 is 9.59 Å². The molecule has 2 amide bonds. The van der Waals surface area contributed by atoms with Gasteiger partial charge in [0.1, 0.15) is 0 Å². The van der Waals surface area contributed by atoms with E-state index in [0.717, 1.165) is 5.56 Å². The fourth-order valence-corrected chi connectivity index (χ4v) is 2.59. The van der Waals surface area contributed by atoms with Crippen LogP contribution in [0.5, 0.6) is 0 Å². The van der Waals surface area contributed by atoms with Crippen LogP contribution in [0.25, 0.3) is 6.08 Å². The molecule has 1 heterocycles. The van der Waals surface area contributed by atoms with Gasteiger partial charge in [0, 0.05) is 18.0 Å². The van der Waals surface area contributed by atoms with Crippen molar-refractivity contribution >= 4 is 34.4 Å². The lowest BCUT2D eigenvalue weighted by molar-refractivity contribution is -0.120. The van der Waals surface area contributed by atoms with Gasteiger partial charge < -0.3 is 5.32 Å². The summed E-state index contributed by atoms with van der Waals surface area (Å²) in [5.74, 6) is 0.107. The van der Waals surface area contributed by atoms with Crippen molar-refractivity contribution in [2.45, 2.75) is 20.3 Å². The minimum absolute atomic E-state index is 0.0594. The number of thiazole rings is 1. The van der Waals surface area contributed by atoms with E-state index in [4.69, 9.17) is 0 Å². The number of benzene rings is 1. The molecule has 0 aliphatic heterocycles. The number of nitrogens with one attached hydrogen (secondary N) is 2. The van der Waals surface area contributed by atoms with Crippen LogP contribution < -0.4 is 10.6 Å². The minimum Gasteiger partial charge on any atom is -0.356 e. The van der Waals surface area contributed by atoms with Crippen LogP contribution in [0.3, 0.4) is 0 Å². The van der Waals surface area contributed by atoms with Crippen molar-refractivity contribution in [1.82, 2.24) is 10.3 Å². The van der Waals surface area contributed by atoms with Gasteiger partial charge in [0.2, 0.25) is 11.8 Å². The lowest BCUT2D eigenvalue weighted by Gasteiger charge is -2.06. The van der Waals surface area contributed by atoms with E-state index in [-0.39, 0.29) is 18.2 Å². The number of hydrogen-bond acceptors (Lipinski definition) is 4. The van der Waals surface area contributed by atoms with Crippen molar-refractivity contribution in [3.8, 4) is 0 Å². The molecule has 0 spiro atoms. The van der Waals surface area contributed by atoms with Crippen molar-refractivity contribution in [1.29, 1.82) is 0 Å². The van der Waals surface area contributed by atoms with Crippen LogP contribution in [0.15, 0.2) is 41.8 Å². The van der Waals surface area contributed by atoms with Crippen LogP contribution >= 0.6 is 11.3 Å². The lowest BCUT2D eigenvalue weighted by atomic mass is 10.2. The summed E-state index contributed by atoms with van der Waals surface area (Å²) in [6, 6.07) is 9.58. The number of anilines is 1. The zero-order valence-corrected chi connectivity index (χ0v) is 14.6. The Morgan fingerprint density at radius 3 is 2.71 bits per heavy atom. The van der Waals surface area contributed by atoms with Gasteiger partial charge in [0.25, 0.3) is 0 Å². The van der Waals surface area contributed by atoms with Crippen molar-refractivity contribution in [2.24, 2.45) is 5.92 Å². The Morgan fingerprint density at radius 2 is 2.00 bits per heavy atom. The van der Waals surface area contributed by atoms with Gasteiger partial charge >= 0.3 is 0 Å². The van der Waals surface area contributed by atoms with Gasteiger partial charge in [-0.25, -0.2) is 4.98 Å². The molecule has 0 radical (unpaired) electrons. The number of aromatic nitrogens is 1. The summed E-state index contributed by atoms with van der Waals surface area (Å²) < 4.78 is 0. The molecule has 2 rings (SSSR count). The van der Waals surface area contributed by atoms with E-state index >= 15 is 0 Å². The number of carbonyl (C=O) groups is 2. The zero-order valence-electron chi connectivity index (χ0n) is 13.8. The molecular weight excluding hydrogens is 322 g/mol. The summed E-state index contributed by atoms with van der Waals surface area (Å²) >= 11 is 1.31. The molecule has 126 valence electrons. The Labute approximate surface area is 145 Å². The monoisotopic (exact) mass is 343 g/mol. The molecule has 2 N–H and O–H groups in total. The Balaban J connectivity index is 1.83. The molecular formula is C18H21N3O2S. The van der Waals surface area contributed by atoms with E-state index in [1.165, 1.54) is 17.4 Å². The third-order valence-electron chi connectivity index (χ3n) is 3.06. The first-order valence-corrected chi connectivity index (χ1v) is 8.66. The van der Waals surface area contributed by atoms with Crippen LogP contribution in [0.2, 0.25) is 0 Å². The summed E-state index contributed by atoms with van der Waals surface area (Å²) in [4.78, 5) is 27.9. The highest BCUT2D eigenvalue weighted by Crippen LogP contribution is 2.16. The molecule has 0 unspecified atom stereocenters. The average Bonchev–Trinajstić information content (AvgIpc) is 2.99. The van der Waals surface area contributed by atoms with E-state index < -0.39 is 0 Å². The summed E-state index contributed by atoms with van der Waals surface area (Å²) in [5.41, 5.74) is 1.61. The van der Waals surface area contributed by atoms with E-state index in [1.54, 1.807) is 11.5 Å². The van der Waals surface area contributed by atoms with E-state index in [1.807, 2.05) is 44.2 Å². The van der Waals surface area contributed by atoms with Crippen molar-refractivity contribution in [3.05, 3.63) is 53.0 Å². The molecule has 24 heavy (non-hydrogen) atoms. The second-order valence-electron chi connectivity index (χ2n) is 5.75. The predicted molar refractivity (Wildman–Crippen MR) is 97.8 cm³/mol. The van der Waals surface area contributed by atoms with E-state index in [2.05, 4.69) is 15.6 Å². The number of carbonyl (C=O) groups excluding carboxylic acids is 2. The molecule has 0 atom stereocenters. The predicted octanol–water partition coefficient (Wildman–Crippen LogP) is 3.11. The molecule has 6 heteroatoms. The first-order valence-electron chi connectivity index (χ1n) is 7.78. The summed E-state index contributed by atoms with van der Waals surface area (Å²) in [5, 5.41) is 7.83. The lowest BCUT2D eigenvalue weighted by Crippen LogP contribution is -2.28. The third-order valence-corrected chi connectivity index (χ3v) is 3.86. The van der Waals surface area contributed by atoms with Crippen LogP contribution in [0.1, 0.15) is 25.1 Å². The maximum Gasteiger partial charge on any atom is 0.250 e. The highest BCUT2D eigenvalue weighted by atomic mass is 32.1. The van der Waals surface area contributed by atoms with Gasteiger partial charge in [-0.2, -0.15) is 0 Å². The normalized spacial score (nSPS) is 11.0. The van der Waals surface area contributed by atoms with Gasteiger partial charge in [0.15, 0.2) is 5.13 Å². The smallest absolute Gasteiger partial charge is 0.250 e. The van der Waals surface area contributed by atoms with E-state index in [9.17, 15) is 9.59 Å². The summed E-state index contributed by atoms with van der Waals surface area (Å²) in [7, 11) is 0. The Morgan fingerprint density at radius 1 is 1.25 bits per heavy atom. The number of hydrogen-bond donors (Lipinski definition) is 2. The fraction of sp³-hybridized carbons (Fsp3) is 0.278. The fourth-order valence-electron chi connectivity index (χ4n) is 1.87. The van der Waals surface area contributed by atoms with Gasteiger partial charge in [-0.15, -0.1) is 11.3 Å². The van der Waals surface area contributed by atoms with Crippen LogP contribution in [0, 0.1) is 5.92 Å². The first-order chi connectivity index (χ1) is 11.5. The quantitative estimate of drug-likeness (QED) is 0.759. The summed E-state index contributed by atoms with van der Waals surface area (Å²) in [6.45, 7) is 4.73. The van der Waals surface area contributed by atoms with Crippen LogP contribution in [-0.4, -0.2) is 23.3 Å². The molecule has 1 aromatic carbocycles. The SMILES string of the molecule is CC(C)CNC(=O)Cc1csc(NC(=O)/C=C/c2ccccc2)n1. The Kier molecular flexibility index (Phi) is 6.69. The molecule has 1 aromatic heterocycles. The molecule has 0 aliphatic rings. The molecule has 5 nitrogen and oxygen atoms in total. The first kappa shape index (κ1) is 17.9. The van der Waals surface area contributed by atoms with Crippen LogP contribution in [0.4, 0.5) is 5.13 Å². The number of nitrogens with zero attached hydrogens (tertiary/aromatic N) is 1. The van der Waals surface area contributed by atoms with E-state index in [0.29, 0.717) is 23.3 Å². The van der Waals surface area contributed by atoms with Gasteiger partial charge in [-0.1, -0.05) is 44.2 Å². The maximum absolute atomic E-state index is 11.9. The molecule has 0 fully saturated rings. The van der Waals surface area contributed by atoms with Crippen molar-refractivity contribution in [3.63, 3.8) is 0 Å². The van der Waals surface area contributed by atoms with Gasteiger partial charge in [0.05, 0.1) is 12.1 Å². The molecule has 2 aromatic rings. The van der Waals surface area contributed by atoms with Crippen LogP contribution in [-0.2, 0) is 16.0 Å². The maximum atomic E-state index is 11.9. The van der Waals surface area contributed by atoms with Crippen molar-refractivity contribution in [2.75, 3.05) is 11.9 Å². The standard InChI is InChI=1S/C18H21N3O2S/c1-13(2)11-19-17(23)10-15-12-24-18(20-15)21-16(22)9-8-14-6-4-3-5-7-14/h3-9,12-13H,10-11H2,1-2H3,(H,19,23)(H,20,21,22)/b9-8+. The zero-order chi connectivity index (χ0) is 17.4. The highest BCUT2D eigenvalue weighted by molar-refractivity contribution is 7.14. The topological polar surface area (TPSA) is 71.1 Å². The molecule has 0 bridgehead atoms. The third kappa shape index (κ3) is 6.34. The summed E-state index contributed by atoms with van der Waals surface area (Å²) in [6.07, 6.45) is 3.42. The average molecular weight is 343 g/mol. The number of rotatable bonds is 7. The minimum atomic E-state index is -0.246. The van der Waals surface area contributed by atoms with Gasteiger partial charge in [-0.3, -0.25) is 14.9 Å². The van der Waals surface area contributed by atoms with Gasteiger partial charge in [-0.05, 0) is 17.6 Å². The largest absolute Gasteiger partial charge is 0.356 e. The molecule has 0 saturated carbocycles. The Hall–Kier alpha value is -2.47. The molecule has 0 aliphatic carbocycles.